The number of benzene rings is 1. The van der Waals surface area contributed by atoms with Crippen LogP contribution in [0.25, 0.3) is 0 Å². The molecule has 1 fully saturated rings. The maximum atomic E-state index is 4.47. The zero-order valence-corrected chi connectivity index (χ0v) is 15.5. The molecule has 0 bridgehead atoms. The van der Waals surface area contributed by atoms with Crippen LogP contribution in [0.5, 0.6) is 0 Å². The van der Waals surface area contributed by atoms with Crippen LogP contribution in [0.2, 0.25) is 0 Å². The number of pyridine rings is 1. The zero-order chi connectivity index (χ0) is 18.5. The first-order chi connectivity index (χ1) is 13.3. The minimum atomic E-state index is 0.651. The molecule has 6 heteroatoms. The lowest BCUT2D eigenvalue weighted by atomic mass is 10.2. The molecule has 0 unspecified atom stereocenters. The van der Waals surface area contributed by atoms with E-state index in [0.29, 0.717) is 6.54 Å². The maximum absolute atomic E-state index is 4.47. The smallest absolute Gasteiger partial charge is 0.134 e. The number of anilines is 3. The van der Waals surface area contributed by atoms with E-state index in [0.717, 1.165) is 43.5 Å². The molecule has 1 aliphatic heterocycles. The van der Waals surface area contributed by atoms with Crippen LogP contribution in [0, 0.1) is 6.92 Å². The van der Waals surface area contributed by atoms with E-state index in [2.05, 4.69) is 61.3 Å². The Morgan fingerprint density at radius 2 is 1.74 bits per heavy atom. The van der Waals surface area contributed by atoms with Crippen LogP contribution in [-0.2, 0) is 6.54 Å². The molecular formula is C21H24N6. The van der Waals surface area contributed by atoms with Crippen molar-refractivity contribution in [2.24, 2.45) is 0 Å². The molecule has 1 saturated heterocycles. The third-order valence-electron chi connectivity index (χ3n) is 4.80. The van der Waals surface area contributed by atoms with Crippen molar-refractivity contribution in [3.05, 3.63) is 72.3 Å². The Morgan fingerprint density at radius 3 is 2.52 bits per heavy atom. The predicted molar refractivity (Wildman–Crippen MR) is 109 cm³/mol. The van der Waals surface area contributed by atoms with Gasteiger partial charge in [-0.05, 0) is 36.8 Å². The van der Waals surface area contributed by atoms with Crippen LogP contribution in [0.15, 0.2) is 61.1 Å². The molecule has 1 aromatic carbocycles. The van der Waals surface area contributed by atoms with Crippen LogP contribution in [0.1, 0.15) is 11.3 Å². The first kappa shape index (κ1) is 17.3. The summed E-state index contributed by atoms with van der Waals surface area (Å²) in [5.74, 6) is 1.80. The van der Waals surface area contributed by atoms with Gasteiger partial charge in [-0.15, -0.1) is 0 Å². The summed E-state index contributed by atoms with van der Waals surface area (Å²) >= 11 is 0. The number of nitrogens with one attached hydrogen (secondary N) is 1. The Bertz CT molecular complexity index is 875. The molecule has 0 amide bonds. The highest BCUT2D eigenvalue weighted by molar-refractivity contribution is 5.53. The van der Waals surface area contributed by atoms with Gasteiger partial charge in [-0.2, -0.15) is 0 Å². The predicted octanol–water partition coefficient (Wildman–Crippen LogP) is 3.12. The first-order valence-corrected chi connectivity index (χ1v) is 9.30. The van der Waals surface area contributed by atoms with E-state index >= 15 is 0 Å². The van der Waals surface area contributed by atoms with Crippen molar-refractivity contribution in [2.75, 3.05) is 41.3 Å². The first-order valence-electron chi connectivity index (χ1n) is 9.30. The lowest BCUT2D eigenvalue weighted by molar-refractivity contribution is 0.646. The number of hydrogen-bond acceptors (Lipinski definition) is 6. The van der Waals surface area contributed by atoms with Gasteiger partial charge in [0.1, 0.15) is 18.0 Å². The second-order valence-corrected chi connectivity index (χ2v) is 6.75. The van der Waals surface area contributed by atoms with Crippen LogP contribution < -0.4 is 15.1 Å². The van der Waals surface area contributed by atoms with Gasteiger partial charge in [0, 0.05) is 44.1 Å². The molecule has 27 heavy (non-hydrogen) atoms. The van der Waals surface area contributed by atoms with Crippen LogP contribution in [0.3, 0.4) is 0 Å². The van der Waals surface area contributed by atoms with Gasteiger partial charge in [0.2, 0.25) is 0 Å². The summed E-state index contributed by atoms with van der Waals surface area (Å²) in [6.45, 7) is 6.67. The maximum Gasteiger partial charge on any atom is 0.134 e. The molecule has 3 aromatic rings. The fraction of sp³-hybridized carbons (Fsp3) is 0.286. The van der Waals surface area contributed by atoms with Crippen molar-refractivity contribution in [2.45, 2.75) is 13.5 Å². The van der Waals surface area contributed by atoms with Crippen molar-refractivity contribution in [3.63, 3.8) is 0 Å². The van der Waals surface area contributed by atoms with E-state index in [1.54, 1.807) is 12.5 Å². The largest absolute Gasteiger partial charge is 0.368 e. The molecule has 0 spiro atoms. The van der Waals surface area contributed by atoms with Gasteiger partial charge in [-0.3, -0.25) is 4.98 Å². The Morgan fingerprint density at radius 1 is 0.889 bits per heavy atom. The Labute approximate surface area is 159 Å². The van der Waals surface area contributed by atoms with Gasteiger partial charge in [0.15, 0.2) is 0 Å². The topological polar surface area (TPSA) is 57.2 Å². The Balaban J connectivity index is 1.37. The molecule has 138 valence electrons. The fourth-order valence-corrected chi connectivity index (χ4v) is 3.32. The van der Waals surface area contributed by atoms with Crippen LogP contribution in [0.4, 0.5) is 17.3 Å². The van der Waals surface area contributed by atoms with Crippen LogP contribution in [-0.4, -0.2) is 41.1 Å². The van der Waals surface area contributed by atoms with Gasteiger partial charge >= 0.3 is 0 Å². The fourth-order valence-electron chi connectivity index (χ4n) is 3.32. The van der Waals surface area contributed by atoms with E-state index in [4.69, 9.17) is 0 Å². The highest BCUT2D eigenvalue weighted by Gasteiger charge is 2.18. The molecule has 2 aromatic heterocycles. The number of aryl methyl sites for hydroxylation is 1. The van der Waals surface area contributed by atoms with Crippen molar-refractivity contribution >= 4 is 17.3 Å². The molecule has 1 aliphatic rings. The van der Waals surface area contributed by atoms with Crippen LogP contribution >= 0.6 is 0 Å². The summed E-state index contributed by atoms with van der Waals surface area (Å²) in [5, 5.41) is 3.33. The number of hydrogen-bond donors (Lipinski definition) is 1. The molecule has 1 N–H and O–H groups in total. The Hall–Kier alpha value is -3.15. The van der Waals surface area contributed by atoms with E-state index in [1.807, 2.05) is 24.3 Å². The highest BCUT2D eigenvalue weighted by Crippen LogP contribution is 2.21. The van der Waals surface area contributed by atoms with E-state index < -0.39 is 0 Å². The third kappa shape index (κ3) is 4.34. The second-order valence-electron chi connectivity index (χ2n) is 6.75. The molecular weight excluding hydrogens is 336 g/mol. The number of rotatable bonds is 5. The average Bonchev–Trinajstić information content (AvgIpc) is 2.73. The minimum absolute atomic E-state index is 0.651. The standard InChI is InChI=1S/C21H24N6/c1-17-5-4-7-19(13-17)26-9-11-27(12-10-26)21-14-20(24-16-25-21)23-15-18-6-2-3-8-22-18/h2-8,13-14,16H,9-12,15H2,1H3,(H,23,24,25). The summed E-state index contributed by atoms with van der Waals surface area (Å²) in [5.41, 5.74) is 3.59. The molecule has 3 heterocycles. The SMILES string of the molecule is Cc1cccc(N2CCN(c3cc(NCc4ccccn4)ncn3)CC2)c1. The molecule has 4 rings (SSSR count). The van der Waals surface area contributed by atoms with Gasteiger partial charge in [-0.1, -0.05) is 18.2 Å². The van der Waals surface area contributed by atoms with Gasteiger partial charge in [-0.25, -0.2) is 9.97 Å². The van der Waals surface area contributed by atoms with Gasteiger partial charge in [0.05, 0.1) is 12.2 Å². The summed E-state index contributed by atoms with van der Waals surface area (Å²) in [4.78, 5) is 17.9. The number of nitrogens with zero attached hydrogens (tertiary/aromatic N) is 5. The Kier molecular flexibility index (Phi) is 5.14. The number of piperazine rings is 1. The molecule has 0 atom stereocenters. The highest BCUT2D eigenvalue weighted by atomic mass is 15.3. The van der Waals surface area contributed by atoms with Crippen molar-refractivity contribution in [3.8, 4) is 0 Å². The van der Waals surface area contributed by atoms with Crippen molar-refractivity contribution in [1.82, 2.24) is 15.0 Å². The van der Waals surface area contributed by atoms with Crippen molar-refractivity contribution in [1.29, 1.82) is 0 Å². The lowest BCUT2D eigenvalue weighted by Crippen LogP contribution is -2.46. The normalized spacial score (nSPS) is 14.3. The minimum Gasteiger partial charge on any atom is -0.368 e. The summed E-state index contributed by atoms with van der Waals surface area (Å²) < 4.78 is 0. The lowest BCUT2D eigenvalue weighted by Gasteiger charge is -2.36. The second kappa shape index (κ2) is 8.03. The van der Waals surface area contributed by atoms with Gasteiger partial charge in [0.25, 0.3) is 0 Å². The summed E-state index contributed by atoms with van der Waals surface area (Å²) in [6.07, 6.45) is 3.43. The third-order valence-corrected chi connectivity index (χ3v) is 4.80. The van der Waals surface area contributed by atoms with Crippen molar-refractivity contribution < 1.29 is 0 Å². The van der Waals surface area contributed by atoms with E-state index in [9.17, 15) is 0 Å². The van der Waals surface area contributed by atoms with E-state index in [-0.39, 0.29) is 0 Å². The molecule has 0 saturated carbocycles. The van der Waals surface area contributed by atoms with Gasteiger partial charge < -0.3 is 15.1 Å². The molecule has 0 radical (unpaired) electrons. The summed E-state index contributed by atoms with van der Waals surface area (Å²) in [7, 11) is 0. The molecule has 0 aliphatic carbocycles. The average molecular weight is 360 g/mol. The zero-order valence-electron chi connectivity index (χ0n) is 15.5. The number of aromatic nitrogens is 3. The quantitative estimate of drug-likeness (QED) is 0.754. The van der Waals surface area contributed by atoms with E-state index in [1.165, 1.54) is 11.3 Å². The monoisotopic (exact) mass is 360 g/mol. The summed E-state index contributed by atoms with van der Waals surface area (Å²) in [6, 6.07) is 16.6. The molecule has 6 nitrogen and oxygen atoms in total.